The fourth-order valence-corrected chi connectivity index (χ4v) is 9.50. The van der Waals surface area contributed by atoms with Gasteiger partial charge < -0.3 is 25.3 Å². The minimum atomic E-state index is -1.26. The molecule has 16 heteroatoms. The summed E-state index contributed by atoms with van der Waals surface area (Å²) in [5, 5.41) is 22.1. The number of hydrogen-bond acceptors (Lipinski definition) is 13. The lowest BCUT2D eigenvalue weighted by molar-refractivity contribution is -0.160. The topological polar surface area (TPSA) is 172 Å². The maximum Gasteiger partial charge on any atom is 0.352 e. The summed E-state index contributed by atoms with van der Waals surface area (Å²) in [5.74, 6) is -3.08. The normalized spacial score (nSPS) is 17.0. The van der Waals surface area contributed by atoms with E-state index in [9.17, 15) is 24.3 Å². The van der Waals surface area contributed by atoms with Gasteiger partial charge in [-0.25, -0.2) is 19.6 Å². The molecule has 2 aliphatic heterocycles. The van der Waals surface area contributed by atoms with Crippen LogP contribution >= 0.6 is 34.4 Å². The lowest BCUT2D eigenvalue weighted by Gasteiger charge is -2.49. The molecular formula is C43H40N6O7S3. The Morgan fingerprint density at radius 1 is 0.932 bits per heavy atom. The van der Waals surface area contributed by atoms with E-state index in [4.69, 9.17) is 14.6 Å². The summed E-state index contributed by atoms with van der Waals surface area (Å²) < 4.78 is 5.35. The Balaban J connectivity index is 1.19. The van der Waals surface area contributed by atoms with Crippen LogP contribution in [-0.4, -0.2) is 78.8 Å². The highest BCUT2D eigenvalue weighted by molar-refractivity contribution is 8.00. The SMILES string of the molecule is Cc1ncsc1C=CC1=C(C(=O)O)N2C(=O)C(NC(=O)C(=NOCC(=O)OC(C)(C)C)c3csc(NC(c4ccccc4)(c4ccccc4)c4ccccc4)n3)[C@H]2SC1. The number of fused-ring (bicyclic) bond motifs is 1. The lowest BCUT2D eigenvalue weighted by Crippen LogP contribution is -2.71. The number of anilines is 1. The molecule has 0 aliphatic carbocycles. The van der Waals surface area contributed by atoms with Gasteiger partial charge in [0.1, 0.15) is 33.9 Å². The number of nitrogens with zero attached hydrogens (tertiary/aromatic N) is 4. The van der Waals surface area contributed by atoms with Crippen molar-refractivity contribution in [1.29, 1.82) is 0 Å². The van der Waals surface area contributed by atoms with Gasteiger partial charge in [0.2, 0.25) is 6.61 Å². The fraction of sp³-hybridized carbons (Fsp3) is 0.233. The van der Waals surface area contributed by atoms with Gasteiger partial charge in [-0.3, -0.25) is 14.5 Å². The van der Waals surface area contributed by atoms with Gasteiger partial charge in [-0.15, -0.1) is 34.4 Å². The highest BCUT2D eigenvalue weighted by Gasteiger charge is 2.54. The maximum absolute atomic E-state index is 14.2. The number of thiazole rings is 2. The minimum absolute atomic E-state index is 0.110. The van der Waals surface area contributed by atoms with Crippen LogP contribution < -0.4 is 10.6 Å². The van der Waals surface area contributed by atoms with Crippen molar-refractivity contribution >= 4 is 75.1 Å². The molecule has 302 valence electrons. The number of β-lactam (4-membered cyclic amide) rings is 1. The predicted molar refractivity (Wildman–Crippen MR) is 229 cm³/mol. The molecule has 13 nitrogen and oxygen atoms in total. The Morgan fingerprint density at radius 2 is 1.54 bits per heavy atom. The molecule has 1 fully saturated rings. The van der Waals surface area contributed by atoms with Crippen molar-refractivity contribution in [1.82, 2.24) is 20.2 Å². The molecule has 3 N–H and O–H groups in total. The second-order valence-electron chi connectivity index (χ2n) is 14.5. The molecule has 2 amide bonds. The Kier molecular flexibility index (Phi) is 12.1. The molecule has 0 radical (unpaired) electrons. The number of hydrogen-bond donors (Lipinski definition) is 3. The van der Waals surface area contributed by atoms with Gasteiger partial charge >= 0.3 is 11.9 Å². The third-order valence-corrected chi connectivity index (χ3v) is 12.3. The van der Waals surface area contributed by atoms with Crippen LogP contribution in [-0.2, 0) is 34.3 Å². The molecule has 0 saturated carbocycles. The summed E-state index contributed by atoms with van der Waals surface area (Å²) in [6.07, 6.45) is 3.48. The zero-order valence-corrected chi connectivity index (χ0v) is 34.9. The summed E-state index contributed by atoms with van der Waals surface area (Å²) in [5.41, 5.74) is 3.75. The monoisotopic (exact) mass is 848 g/mol. The molecule has 0 spiro atoms. The van der Waals surface area contributed by atoms with Crippen LogP contribution in [0.3, 0.4) is 0 Å². The molecule has 1 saturated heterocycles. The van der Waals surface area contributed by atoms with Gasteiger partial charge in [0.05, 0.1) is 11.2 Å². The van der Waals surface area contributed by atoms with Crippen molar-refractivity contribution < 1.29 is 33.9 Å². The summed E-state index contributed by atoms with van der Waals surface area (Å²) in [6, 6.07) is 28.7. The predicted octanol–water partition coefficient (Wildman–Crippen LogP) is 6.83. The summed E-state index contributed by atoms with van der Waals surface area (Å²) in [4.78, 5) is 69.4. The number of aliphatic carboxylic acids is 1. The van der Waals surface area contributed by atoms with Crippen LogP contribution in [0.15, 0.2) is 124 Å². The van der Waals surface area contributed by atoms with Gasteiger partial charge in [-0.05, 0) is 56.0 Å². The van der Waals surface area contributed by atoms with E-state index in [-0.39, 0.29) is 22.9 Å². The van der Waals surface area contributed by atoms with E-state index in [2.05, 4.69) is 20.8 Å². The second-order valence-corrected chi connectivity index (χ2v) is 17.3. The van der Waals surface area contributed by atoms with Crippen molar-refractivity contribution in [3.8, 4) is 0 Å². The Bertz CT molecular complexity index is 2350. The Labute approximate surface area is 352 Å². The third-order valence-electron chi connectivity index (χ3n) is 9.34. The number of aromatic nitrogens is 2. The molecule has 3 aromatic carbocycles. The first kappa shape index (κ1) is 41.1. The number of carboxylic acid groups (broad SMARTS) is 1. The number of allylic oxidation sites excluding steroid dienone is 1. The van der Waals surface area contributed by atoms with Crippen molar-refractivity contribution in [3.05, 3.63) is 152 Å². The first-order valence-corrected chi connectivity index (χ1v) is 21.3. The number of thioether (sulfide) groups is 1. The van der Waals surface area contributed by atoms with Crippen LogP contribution in [0.5, 0.6) is 0 Å². The molecule has 4 heterocycles. The fourth-order valence-electron chi connectivity index (χ4n) is 6.73. The van der Waals surface area contributed by atoms with Gasteiger partial charge in [0.25, 0.3) is 11.8 Å². The molecule has 2 aliphatic rings. The van der Waals surface area contributed by atoms with E-state index >= 15 is 0 Å². The highest BCUT2D eigenvalue weighted by Crippen LogP contribution is 2.42. The van der Waals surface area contributed by atoms with Crippen LogP contribution in [0, 0.1) is 6.92 Å². The quantitative estimate of drug-likeness (QED) is 0.0352. The molecule has 0 bridgehead atoms. The number of carboxylic acids is 1. The number of carbonyl (C=O) groups is 4. The summed E-state index contributed by atoms with van der Waals surface area (Å²) in [7, 11) is 0. The van der Waals surface area contributed by atoms with E-state index in [1.807, 2.05) is 97.9 Å². The van der Waals surface area contributed by atoms with Crippen molar-refractivity contribution in [2.75, 3.05) is 17.7 Å². The average Bonchev–Trinajstić information content (AvgIpc) is 3.87. The van der Waals surface area contributed by atoms with Gasteiger partial charge in [0.15, 0.2) is 10.8 Å². The number of carbonyl (C=O) groups excluding carboxylic acids is 3. The average molecular weight is 849 g/mol. The summed E-state index contributed by atoms with van der Waals surface area (Å²) in [6.45, 7) is 6.40. The highest BCUT2D eigenvalue weighted by atomic mass is 32.2. The molecule has 2 atom stereocenters. The van der Waals surface area contributed by atoms with E-state index in [0.717, 1.165) is 27.3 Å². The van der Waals surface area contributed by atoms with Crippen LogP contribution in [0.4, 0.5) is 5.13 Å². The smallest absolute Gasteiger partial charge is 0.352 e. The number of nitrogens with one attached hydrogen (secondary N) is 2. The first-order valence-electron chi connectivity index (χ1n) is 18.5. The molecule has 2 aromatic heterocycles. The number of benzene rings is 3. The van der Waals surface area contributed by atoms with Crippen LogP contribution in [0.2, 0.25) is 0 Å². The van der Waals surface area contributed by atoms with Crippen LogP contribution in [0.1, 0.15) is 53.7 Å². The summed E-state index contributed by atoms with van der Waals surface area (Å²) >= 11 is 3.98. The number of amides is 2. The number of ether oxygens (including phenoxy) is 1. The number of aryl methyl sites for hydroxylation is 1. The lowest BCUT2D eigenvalue weighted by atomic mass is 9.77. The third kappa shape index (κ3) is 8.84. The standard InChI is InChI=1S/C43H40N6O7S3/c1-26-32(59-25-44-26)21-20-27-23-57-39-35(38(52)49(39)36(27)40(53)54)46-37(51)34(48-55-22-33(50)56-42(2,3)4)31-24-58-41(45-31)47-43(28-14-8-5-9-15-28,29-16-10-6-11-17-29)30-18-12-7-13-19-30/h5-21,24-25,35,39H,22-23H2,1-4H3,(H,45,47)(H,46,51)(H,53,54)/t35?,39-/m1/s1. The Morgan fingerprint density at radius 3 is 2.08 bits per heavy atom. The number of oxime groups is 1. The Hall–Kier alpha value is -6.10. The van der Waals surface area contributed by atoms with Crippen molar-refractivity contribution in [2.24, 2.45) is 5.16 Å². The molecule has 59 heavy (non-hydrogen) atoms. The number of rotatable bonds is 14. The molecule has 1 unspecified atom stereocenters. The van der Waals surface area contributed by atoms with Crippen molar-refractivity contribution in [2.45, 2.75) is 50.3 Å². The molecule has 5 aromatic rings. The zero-order chi connectivity index (χ0) is 41.7. The second kappa shape index (κ2) is 17.4. The largest absolute Gasteiger partial charge is 0.477 e. The minimum Gasteiger partial charge on any atom is -0.477 e. The van der Waals surface area contributed by atoms with Gasteiger partial charge in [0, 0.05) is 16.0 Å². The maximum atomic E-state index is 14.2. The van der Waals surface area contributed by atoms with Crippen LogP contribution in [0.25, 0.3) is 6.08 Å². The molecule has 7 rings (SSSR count). The van der Waals surface area contributed by atoms with E-state index in [1.165, 1.54) is 39.3 Å². The first-order chi connectivity index (χ1) is 28.4. The molecular weight excluding hydrogens is 809 g/mol. The van der Waals surface area contributed by atoms with E-state index in [0.29, 0.717) is 10.7 Å². The van der Waals surface area contributed by atoms with E-state index in [1.54, 1.807) is 43.8 Å². The zero-order valence-electron chi connectivity index (χ0n) is 32.4. The number of esters is 1. The van der Waals surface area contributed by atoms with Gasteiger partial charge in [-0.2, -0.15) is 0 Å². The van der Waals surface area contributed by atoms with Gasteiger partial charge in [-0.1, -0.05) is 102 Å². The van der Waals surface area contributed by atoms with Crippen molar-refractivity contribution in [3.63, 3.8) is 0 Å². The van der Waals surface area contributed by atoms with E-state index < -0.39 is 52.9 Å².